The van der Waals surface area contributed by atoms with E-state index in [9.17, 15) is 9.59 Å². The van der Waals surface area contributed by atoms with E-state index in [1.165, 1.54) is 22.6 Å². The highest BCUT2D eigenvalue weighted by Crippen LogP contribution is 2.27. The van der Waals surface area contributed by atoms with Gasteiger partial charge in [0.15, 0.2) is 0 Å². The van der Waals surface area contributed by atoms with Gasteiger partial charge in [-0.25, -0.2) is 4.79 Å². The van der Waals surface area contributed by atoms with E-state index in [1.54, 1.807) is 0 Å². The number of carbonyl (C=O) groups is 2. The molecule has 6 nitrogen and oxygen atoms in total. The summed E-state index contributed by atoms with van der Waals surface area (Å²) in [5, 5.41) is 12.9. The highest BCUT2D eigenvalue weighted by molar-refractivity contribution is 5.87. The highest BCUT2D eigenvalue weighted by atomic mass is 16.4. The summed E-state index contributed by atoms with van der Waals surface area (Å²) < 4.78 is 1.39. The minimum absolute atomic E-state index is 0.0156. The highest BCUT2D eigenvalue weighted by Gasteiger charge is 2.33. The fourth-order valence-corrected chi connectivity index (χ4v) is 3.34. The van der Waals surface area contributed by atoms with Crippen molar-refractivity contribution >= 4 is 11.9 Å². The summed E-state index contributed by atoms with van der Waals surface area (Å²) in [6, 6.07) is 10.5. The number of hydrogen-bond donors (Lipinski definition) is 1. The molecular weight excluding hydrogens is 306 g/mol. The molecule has 3 rings (SSSR count). The average molecular weight is 327 g/mol. The molecule has 1 aliphatic heterocycles. The average Bonchev–Trinajstić information content (AvgIpc) is 3.16. The van der Waals surface area contributed by atoms with Crippen LogP contribution in [0.1, 0.15) is 29.3 Å². The predicted octanol–water partition coefficient (Wildman–Crippen LogP) is 2.06. The molecule has 2 aromatic rings. The lowest BCUT2D eigenvalue weighted by atomic mass is 9.93. The molecule has 1 aliphatic rings. The van der Waals surface area contributed by atoms with Gasteiger partial charge < -0.3 is 10.0 Å². The predicted molar refractivity (Wildman–Crippen MR) is 88.6 cm³/mol. The van der Waals surface area contributed by atoms with Crippen LogP contribution < -0.4 is 0 Å². The summed E-state index contributed by atoms with van der Waals surface area (Å²) >= 11 is 0. The maximum Gasteiger partial charge on any atom is 0.338 e. The summed E-state index contributed by atoms with van der Waals surface area (Å²) in [4.78, 5) is 25.3. The van der Waals surface area contributed by atoms with Crippen LogP contribution in [0, 0.1) is 5.92 Å². The lowest BCUT2D eigenvalue weighted by Gasteiger charge is -2.25. The van der Waals surface area contributed by atoms with Crippen molar-refractivity contribution in [3.8, 4) is 0 Å². The minimum Gasteiger partial charge on any atom is -0.478 e. The Hall–Kier alpha value is -2.63. The third-order valence-electron chi connectivity index (χ3n) is 4.75. The summed E-state index contributed by atoms with van der Waals surface area (Å²) in [6.07, 6.45) is 4.61. The summed E-state index contributed by atoms with van der Waals surface area (Å²) in [6.45, 7) is 2.91. The Bertz CT molecular complexity index is 726. The van der Waals surface area contributed by atoms with Crippen LogP contribution in [0.3, 0.4) is 0 Å². The molecule has 1 amide bonds. The fraction of sp³-hybridized carbons (Fsp3) is 0.389. The largest absolute Gasteiger partial charge is 0.478 e. The van der Waals surface area contributed by atoms with E-state index < -0.39 is 5.97 Å². The second-order valence-corrected chi connectivity index (χ2v) is 6.30. The second kappa shape index (κ2) is 6.86. The van der Waals surface area contributed by atoms with Crippen LogP contribution in [-0.2, 0) is 17.8 Å². The first kappa shape index (κ1) is 16.2. The van der Waals surface area contributed by atoms with Crippen molar-refractivity contribution in [1.29, 1.82) is 0 Å². The van der Waals surface area contributed by atoms with Gasteiger partial charge in [0.05, 0.1) is 11.8 Å². The lowest BCUT2D eigenvalue weighted by molar-refractivity contribution is -0.132. The molecule has 1 aromatic carbocycles. The number of rotatable bonds is 5. The third kappa shape index (κ3) is 3.48. The van der Waals surface area contributed by atoms with Gasteiger partial charge in [0.2, 0.25) is 5.91 Å². The van der Waals surface area contributed by atoms with Crippen LogP contribution in [0.25, 0.3) is 0 Å². The molecule has 2 atom stereocenters. The van der Waals surface area contributed by atoms with Crippen LogP contribution in [0.2, 0.25) is 0 Å². The smallest absolute Gasteiger partial charge is 0.338 e. The third-order valence-corrected chi connectivity index (χ3v) is 4.75. The van der Waals surface area contributed by atoms with Crippen molar-refractivity contribution in [3.05, 3.63) is 53.9 Å². The van der Waals surface area contributed by atoms with Gasteiger partial charge in [-0.15, -0.1) is 0 Å². The Kier molecular flexibility index (Phi) is 4.64. The maximum atomic E-state index is 12.5. The first-order valence-electron chi connectivity index (χ1n) is 8.13. The van der Waals surface area contributed by atoms with Gasteiger partial charge in [0.1, 0.15) is 6.54 Å². The number of amides is 1. The van der Waals surface area contributed by atoms with E-state index in [2.05, 4.69) is 24.2 Å². The molecule has 0 saturated carbocycles. The van der Waals surface area contributed by atoms with Gasteiger partial charge in [0, 0.05) is 18.8 Å². The molecule has 1 aromatic heterocycles. The molecule has 24 heavy (non-hydrogen) atoms. The fourth-order valence-electron chi connectivity index (χ4n) is 3.34. The Morgan fingerprint density at radius 1 is 1.29 bits per heavy atom. The zero-order chi connectivity index (χ0) is 17.1. The quantitative estimate of drug-likeness (QED) is 0.912. The Morgan fingerprint density at radius 2 is 2.04 bits per heavy atom. The molecule has 2 heterocycles. The van der Waals surface area contributed by atoms with Crippen LogP contribution >= 0.6 is 0 Å². The van der Waals surface area contributed by atoms with Gasteiger partial charge in [-0.2, -0.15) is 5.10 Å². The van der Waals surface area contributed by atoms with E-state index in [1.807, 2.05) is 23.1 Å². The van der Waals surface area contributed by atoms with E-state index in [4.69, 9.17) is 5.11 Å². The molecule has 6 heteroatoms. The lowest BCUT2D eigenvalue weighted by Crippen LogP contribution is -2.38. The van der Waals surface area contributed by atoms with Gasteiger partial charge in [-0.1, -0.05) is 30.3 Å². The number of aromatic nitrogens is 2. The zero-order valence-electron chi connectivity index (χ0n) is 13.6. The minimum atomic E-state index is -1.04. The zero-order valence-corrected chi connectivity index (χ0v) is 13.6. The standard InChI is InChI=1S/C18H21N3O3/c1-13-15(9-14-5-3-2-4-6-14)7-8-21(13)17(22)12-20-11-16(10-19-20)18(23)24/h2-6,10-11,13,15H,7-9,12H2,1H3,(H,23,24). The molecule has 1 saturated heterocycles. The van der Waals surface area contributed by atoms with E-state index in [0.717, 1.165) is 19.4 Å². The van der Waals surface area contributed by atoms with E-state index in [-0.39, 0.29) is 24.1 Å². The number of carboxylic acids is 1. The first-order valence-corrected chi connectivity index (χ1v) is 8.13. The van der Waals surface area contributed by atoms with Crippen LogP contribution in [0.5, 0.6) is 0 Å². The monoisotopic (exact) mass is 327 g/mol. The Morgan fingerprint density at radius 3 is 2.71 bits per heavy atom. The molecule has 0 spiro atoms. The summed E-state index contributed by atoms with van der Waals surface area (Å²) in [7, 11) is 0. The van der Waals surface area contributed by atoms with Crippen molar-refractivity contribution in [3.63, 3.8) is 0 Å². The van der Waals surface area contributed by atoms with Gasteiger partial charge in [0.25, 0.3) is 0 Å². The molecule has 2 unspecified atom stereocenters. The van der Waals surface area contributed by atoms with E-state index >= 15 is 0 Å². The number of likely N-dealkylation sites (tertiary alicyclic amines) is 1. The second-order valence-electron chi connectivity index (χ2n) is 6.30. The van der Waals surface area contributed by atoms with Crippen molar-refractivity contribution in [2.45, 2.75) is 32.4 Å². The van der Waals surface area contributed by atoms with Crippen LogP contribution in [-0.4, -0.2) is 44.3 Å². The van der Waals surface area contributed by atoms with Crippen LogP contribution in [0.4, 0.5) is 0 Å². The number of carbonyl (C=O) groups excluding carboxylic acids is 1. The Balaban J connectivity index is 1.60. The molecule has 0 bridgehead atoms. The summed E-state index contributed by atoms with van der Waals surface area (Å²) in [5.74, 6) is -0.604. The first-order chi connectivity index (χ1) is 11.5. The normalized spacial score (nSPS) is 20.3. The number of nitrogens with zero attached hydrogens (tertiary/aromatic N) is 3. The maximum absolute atomic E-state index is 12.5. The number of carboxylic acid groups (broad SMARTS) is 1. The summed E-state index contributed by atoms with van der Waals surface area (Å²) in [5.41, 5.74) is 1.39. The Labute approximate surface area is 140 Å². The SMILES string of the molecule is CC1C(Cc2ccccc2)CCN1C(=O)Cn1cc(C(=O)O)cn1. The molecule has 0 radical (unpaired) electrons. The van der Waals surface area contributed by atoms with Crippen molar-refractivity contribution < 1.29 is 14.7 Å². The van der Waals surface area contributed by atoms with Crippen LogP contribution in [0.15, 0.2) is 42.7 Å². The molecule has 1 fully saturated rings. The molecule has 1 N–H and O–H groups in total. The van der Waals surface area contributed by atoms with Gasteiger partial charge >= 0.3 is 5.97 Å². The van der Waals surface area contributed by atoms with Crippen molar-refractivity contribution in [2.24, 2.45) is 5.92 Å². The molecular formula is C18H21N3O3. The number of aromatic carboxylic acids is 1. The van der Waals surface area contributed by atoms with Crippen molar-refractivity contribution in [1.82, 2.24) is 14.7 Å². The number of hydrogen-bond acceptors (Lipinski definition) is 3. The topological polar surface area (TPSA) is 75.4 Å². The van der Waals surface area contributed by atoms with E-state index in [0.29, 0.717) is 5.92 Å². The number of benzene rings is 1. The molecule has 0 aliphatic carbocycles. The van der Waals surface area contributed by atoms with Crippen molar-refractivity contribution in [2.75, 3.05) is 6.54 Å². The molecule has 126 valence electrons. The van der Waals surface area contributed by atoms with Gasteiger partial charge in [-0.3, -0.25) is 9.48 Å². The van der Waals surface area contributed by atoms with Gasteiger partial charge in [-0.05, 0) is 31.2 Å².